The zero-order valence-electron chi connectivity index (χ0n) is 13.7. The lowest BCUT2D eigenvalue weighted by atomic mass is 10.1. The summed E-state index contributed by atoms with van der Waals surface area (Å²) in [7, 11) is 0. The highest BCUT2D eigenvalue weighted by atomic mass is 16.6. The van der Waals surface area contributed by atoms with Gasteiger partial charge in [-0.2, -0.15) is 5.10 Å². The highest BCUT2D eigenvalue weighted by Gasteiger charge is 2.16. The van der Waals surface area contributed by atoms with E-state index in [2.05, 4.69) is 15.5 Å². The van der Waals surface area contributed by atoms with E-state index in [-0.39, 0.29) is 23.7 Å². The van der Waals surface area contributed by atoms with Crippen molar-refractivity contribution in [3.8, 4) is 0 Å². The molecule has 1 aromatic carbocycles. The van der Waals surface area contributed by atoms with Crippen molar-refractivity contribution in [3.63, 3.8) is 0 Å². The Balaban J connectivity index is 1.79. The second-order valence-corrected chi connectivity index (χ2v) is 5.73. The summed E-state index contributed by atoms with van der Waals surface area (Å²) in [5.74, 6) is -1.16. The average Bonchev–Trinajstić information content (AvgIpc) is 2.99. The summed E-state index contributed by atoms with van der Waals surface area (Å²) in [5, 5.41) is 29.2. The Bertz CT molecular complexity index is 771. The molecule has 0 bridgehead atoms. The van der Waals surface area contributed by atoms with Crippen molar-refractivity contribution in [3.05, 3.63) is 34.0 Å². The van der Waals surface area contributed by atoms with Crippen LogP contribution in [0.5, 0.6) is 0 Å². The summed E-state index contributed by atoms with van der Waals surface area (Å²) < 4.78 is 0. The van der Waals surface area contributed by atoms with Crippen molar-refractivity contribution in [1.82, 2.24) is 15.5 Å². The summed E-state index contributed by atoms with van der Waals surface area (Å²) in [5.41, 5.74) is 0.610. The van der Waals surface area contributed by atoms with E-state index < -0.39 is 10.9 Å². The van der Waals surface area contributed by atoms with Gasteiger partial charge in [0, 0.05) is 30.5 Å². The van der Waals surface area contributed by atoms with Gasteiger partial charge in [0.05, 0.1) is 10.4 Å². The molecule has 1 heterocycles. The number of unbranched alkanes of at least 4 members (excludes halogenated alkanes) is 4. The number of nitro benzene ring substituents is 1. The molecule has 9 nitrogen and oxygen atoms in total. The van der Waals surface area contributed by atoms with E-state index in [4.69, 9.17) is 5.11 Å². The van der Waals surface area contributed by atoms with Crippen molar-refractivity contribution >= 4 is 28.5 Å². The molecular formula is C16H20N4O5. The number of hydrogen-bond acceptors (Lipinski definition) is 5. The number of amides is 1. The van der Waals surface area contributed by atoms with Crippen molar-refractivity contribution < 1.29 is 19.6 Å². The number of nitro groups is 1. The van der Waals surface area contributed by atoms with E-state index in [1.54, 1.807) is 0 Å². The Morgan fingerprint density at radius 1 is 1.20 bits per heavy atom. The second kappa shape index (κ2) is 8.76. The van der Waals surface area contributed by atoms with Gasteiger partial charge in [-0.1, -0.05) is 19.3 Å². The number of fused-ring (bicyclic) bond motifs is 1. The minimum absolute atomic E-state index is 0.0932. The highest BCUT2D eigenvalue weighted by molar-refractivity contribution is 6.05. The summed E-state index contributed by atoms with van der Waals surface area (Å²) in [6, 6.07) is 4.21. The molecule has 0 unspecified atom stereocenters. The van der Waals surface area contributed by atoms with Crippen LogP contribution in [0.25, 0.3) is 10.9 Å². The van der Waals surface area contributed by atoms with Gasteiger partial charge in [-0.05, 0) is 18.9 Å². The van der Waals surface area contributed by atoms with Crippen molar-refractivity contribution in [1.29, 1.82) is 0 Å². The van der Waals surface area contributed by atoms with Crippen LogP contribution in [0.4, 0.5) is 5.69 Å². The molecule has 1 aromatic heterocycles. The lowest BCUT2D eigenvalue weighted by molar-refractivity contribution is -0.384. The average molecular weight is 348 g/mol. The molecular weight excluding hydrogens is 328 g/mol. The minimum atomic E-state index is -0.779. The van der Waals surface area contributed by atoms with Gasteiger partial charge in [0.2, 0.25) is 0 Å². The van der Waals surface area contributed by atoms with E-state index in [1.807, 2.05) is 0 Å². The van der Waals surface area contributed by atoms with Crippen molar-refractivity contribution in [2.24, 2.45) is 0 Å². The molecule has 9 heteroatoms. The van der Waals surface area contributed by atoms with E-state index >= 15 is 0 Å². The fourth-order valence-electron chi connectivity index (χ4n) is 2.51. The monoisotopic (exact) mass is 348 g/mol. The Labute approximate surface area is 143 Å². The molecule has 0 aliphatic heterocycles. The molecule has 0 aliphatic carbocycles. The number of aromatic amines is 1. The smallest absolute Gasteiger partial charge is 0.303 e. The summed E-state index contributed by atoms with van der Waals surface area (Å²) >= 11 is 0. The topological polar surface area (TPSA) is 138 Å². The molecule has 3 N–H and O–H groups in total. The van der Waals surface area contributed by atoms with Gasteiger partial charge >= 0.3 is 5.97 Å². The molecule has 25 heavy (non-hydrogen) atoms. The zero-order valence-corrected chi connectivity index (χ0v) is 13.7. The number of carbonyl (C=O) groups excluding carboxylic acids is 1. The number of nitrogens with one attached hydrogen (secondary N) is 2. The van der Waals surface area contributed by atoms with Crippen LogP contribution in [0.2, 0.25) is 0 Å². The standard InChI is InChI=1S/C16H20N4O5/c21-14(22)6-4-2-1-3-5-9-17-16(23)15-12-10-11(20(24)25)7-8-13(12)18-19-15/h7-8,10H,1-6,9H2,(H,17,23)(H,18,19)(H,21,22). The first-order valence-electron chi connectivity index (χ1n) is 8.11. The maximum absolute atomic E-state index is 12.2. The van der Waals surface area contributed by atoms with Crippen molar-refractivity contribution in [2.75, 3.05) is 6.54 Å². The van der Waals surface area contributed by atoms with Crippen LogP contribution in [-0.4, -0.2) is 38.6 Å². The van der Waals surface area contributed by atoms with Gasteiger partial charge in [-0.3, -0.25) is 24.8 Å². The van der Waals surface area contributed by atoms with Crippen LogP contribution >= 0.6 is 0 Å². The van der Waals surface area contributed by atoms with Crippen LogP contribution in [0.15, 0.2) is 18.2 Å². The lowest BCUT2D eigenvalue weighted by Gasteiger charge is -2.04. The quantitative estimate of drug-likeness (QED) is 0.343. The molecule has 134 valence electrons. The summed E-state index contributed by atoms with van der Waals surface area (Å²) in [6.07, 6.45) is 4.30. The predicted molar refractivity (Wildman–Crippen MR) is 90.4 cm³/mol. The first-order valence-corrected chi connectivity index (χ1v) is 8.11. The number of hydrogen-bond donors (Lipinski definition) is 3. The number of benzene rings is 1. The number of rotatable bonds is 10. The summed E-state index contributed by atoms with van der Waals surface area (Å²) in [4.78, 5) is 32.9. The number of aromatic nitrogens is 2. The Morgan fingerprint density at radius 2 is 1.92 bits per heavy atom. The molecule has 2 rings (SSSR count). The third-order valence-corrected chi connectivity index (χ3v) is 3.83. The fourth-order valence-corrected chi connectivity index (χ4v) is 2.51. The highest BCUT2D eigenvalue weighted by Crippen LogP contribution is 2.22. The normalized spacial score (nSPS) is 10.7. The van der Waals surface area contributed by atoms with E-state index in [9.17, 15) is 19.7 Å². The Morgan fingerprint density at radius 3 is 2.64 bits per heavy atom. The van der Waals surface area contributed by atoms with Crippen LogP contribution in [0.1, 0.15) is 49.0 Å². The maximum atomic E-state index is 12.2. The molecule has 0 aliphatic rings. The van der Waals surface area contributed by atoms with Crippen LogP contribution in [0.3, 0.4) is 0 Å². The number of aliphatic carboxylic acids is 1. The van der Waals surface area contributed by atoms with Gasteiger partial charge in [0.1, 0.15) is 0 Å². The van der Waals surface area contributed by atoms with Gasteiger partial charge in [0.15, 0.2) is 5.69 Å². The zero-order chi connectivity index (χ0) is 18.2. The van der Waals surface area contributed by atoms with Gasteiger partial charge < -0.3 is 10.4 Å². The summed E-state index contributed by atoms with van der Waals surface area (Å²) in [6.45, 7) is 0.473. The van der Waals surface area contributed by atoms with Crippen LogP contribution < -0.4 is 5.32 Å². The molecule has 1 amide bonds. The van der Waals surface area contributed by atoms with Gasteiger partial charge in [0.25, 0.3) is 11.6 Å². The maximum Gasteiger partial charge on any atom is 0.303 e. The van der Waals surface area contributed by atoms with E-state index in [0.717, 1.165) is 25.7 Å². The first-order chi connectivity index (χ1) is 12.0. The number of carbonyl (C=O) groups is 2. The number of carboxylic acids is 1. The molecule has 0 fully saturated rings. The first kappa shape index (κ1) is 18.4. The van der Waals surface area contributed by atoms with Gasteiger partial charge in [-0.15, -0.1) is 0 Å². The Kier molecular flexibility index (Phi) is 6.44. The SMILES string of the molecule is O=C(O)CCCCCCCNC(=O)c1n[nH]c2ccc([N+](=O)[O-])cc12. The third-order valence-electron chi connectivity index (χ3n) is 3.83. The number of H-pyrrole nitrogens is 1. The van der Waals surface area contributed by atoms with Gasteiger partial charge in [-0.25, -0.2) is 0 Å². The van der Waals surface area contributed by atoms with Crippen LogP contribution in [-0.2, 0) is 4.79 Å². The number of nitrogens with zero attached hydrogens (tertiary/aromatic N) is 2. The van der Waals surface area contributed by atoms with Crippen molar-refractivity contribution in [2.45, 2.75) is 38.5 Å². The molecule has 0 atom stereocenters. The van der Waals surface area contributed by atoms with E-state index in [0.29, 0.717) is 23.9 Å². The second-order valence-electron chi connectivity index (χ2n) is 5.73. The largest absolute Gasteiger partial charge is 0.481 e. The molecule has 0 saturated carbocycles. The van der Waals surface area contributed by atoms with E-state index in [1.165, 1.54) is 18.2 Å². The Hall–Kier alpha value is -2.97. The molecule has 2 aromatic rings. The molecule has 0 spiro atoms. The number of carboxylic acid groups (broad SMARTS) is 1. The minimum Gasteiger partial charge on any atom is -0.481 e. The molecule has 0 radical (unpaired) electrons. The number of non-ortho nitro benzene ring substituents is 1. The molecule has 0 saturated heterocycles. The predicted octanol–water partition coefficient (Wildman–Crippen LogP) is 2.63. The van der Waals surface area contributed by atoms with Crippen LogP contribution in [0, 0.1) is 10.1 Å². The third kappa shape index (κ3) is 5.27. The lowest BCUT2D eigenvalue weighted by Crippen LogP contribution is -2.25. The fraction of sp³-hybridized carbons (Fsp3) is 0.438.